The van der Waals surface area contributed by atoms with Gasteiger partial charge in [0.25, 0.3) is 5.91 Å². The second-order valence-electron chi connectivity index (χ2n) is 8.61. The van der Waals surface area contributed by atoms with E-state index < -0.39 is 35.8 Å². The van der Waals surface area contributed by atoms with Crippen molar-refractivity contribution in [1.29, 1.82) is 0 Å². The Kier molecular flexibility index (Phi) is 8.08. The number of carbonyl (C=O) groups excluding carboxylic acids is 3. The quantitative estimate of drug-likeness (QED) is 0.436. The molecule has 3 rings (SSSR count). The Hall–Kier alpha value is -3.80. The molecule has 0 saturated carbocycles. The summed E-state index contributed by atoms with van der Waals surface area (Å²) >= 11 is 0. The number of amides is 3. The third-order valence-electron chi connectivity index (χ3n) is 5.58. The maximum Gasteiger partial charge on any atom is 0.432 e. The predicted molar refractivity (Wildman–Crippen MR) is 125 cm³/mol. The molecule has 0 fully saturated rings. The summed E-state index contributed by atoms with van der Waals surface area (Å²) in [5, 5.41) is 8.56. The van der Waals surface area contributed by atoms with Crippen LogP contribution in [0.2, 0.25) is 0 Å². The monoisotopic (exact) mass is 507 g/mol. The molecule has 1 aliphatic heterocycles. The van der Waals surface area contributed by atoms with Crippen LogP contribution in [0.5, 0.6) is 0 Å². The van der Waals surface area contributed by atoms with Crippen molar-refractivity contribution in [3.05, 3.63) is 59.5 Å². The Morgan fingerprint density at radius 3 is 2.50 bits per heavy atom. The summed E-state index contributed by atoms with van der Waals surface area (Å²) in [7, 11) is 2.68. The maximum atomic E-state index is 13.0. The first-order chi connectivity index (χ1) is 16.9. The number of hydrogen-bond acceptors (Lipinski definition) is 6. The van der Waals surface area contributed by atoms with Gasteiger partial charge >= 0.3 is 6.18 Å². The van der Waals surface area contributed by atoms with Gasteiger partial charge in [-0.05, 0) is 35.8 Å². The van der Waals surface area contributed by atoms with Crippen molar-refractivity contribution in [1.82, 2.24) is 26.4 Å². The Bertz CT molecular complexity index is 1160. The fourth-order valence-corrected chi connectivity index (χ4v) is 3.66. The molecule has 0 saturated heterocycles. The molecule has 0 spiro atoms. The average molecular weight is 508 g/mol. The second kappa shape index (κ2) is 10.9. The summed E-state index contributed by atoms with van der Waals surface area (Å²) in [6, 6.07) is 8.17. The number of nitrogens with zero attached hydrogens (tertiary/aromatic N) is 1. The van der Waals surface area contributed by atoms with Gasteiger partial charge in [-0.2, -0.15) is 13.2 Å². The van der Waals surface area contributed by atoms with Gasteiger partial charge < -0.3 is 25.4 Å². The van der Waals surface area contributed by atoms with Gasteiger partial charge in [0.2, 0.25) is 11.8 Å². The molecular formula is C24H28F3N5O4. The van der Waals surface area contributed by atoms with E-state index in [1.54, 1.807) is 30.3 Å². The van der Waals surface area contributed by atoms with Crippen molar-refractivity contribution in [2.45, 2.75) is 38.7 Å². The highest BCUT2D eigenvalue weighted by Crippen LogP contribution is 2.30. The van der Waals surface area contributed by atoms with E-state index in [0.717, 1.165) is 11.1 Å². The van der Waals surface area contributed by atoms with Gasteiger partial charge in [0.05, 0.1) is 0 Å². The van der Waals surface area contributed by atoms with Crippen LogP contribution in [0.15, 0.2) is 52.6 Å². The van der Waals surface area contributed by atoms with Crippen molar-refractivity contribution < 1.29 is 32.0 Å². The van der Waals surface area contributed by atoms with E-state index in [9.17, 15) is 27.6 Å². The minimum atomic E-state index is -4.57. The van der Waals surface area contributed by atoms with Gasteiger partial charge in [-0.1, -0.05) is 32.0 Å². The molecule has 2 aromatic rings. The minimum absolute atomic E-state index is 0.0296. The highest BCUT2D eigenvalue weighted by molar-refractivity contribution is 5.96. The van der Waals surface area contributed by atoms with Gasteiger partial charge in [0.15, 0.2) is 5.76 Å². The first kappa shape index (κ1) is 26.8. The first-order valence-electron chi connectivity index (χ1n) is 11.2. The van der Waals surface area contributed by atoms with Crippen LogP contribution >= 0.6 is 0 Å². The lowest BCUT2D eigenvalue weighted by Crippen LogP contribution is -2.48. The Morgan fingerprint density at radius 1 is 1.17 bits per heavy atom. The van der Waals surface area contributed by atoms with E-state index in [2.05, 4.69) is 21.4 Å². The van der Waals surface area contributed by atoms with Crippen LogP contribution in [0, 0.1) is 5.92 Å². The molecule has 1 aliphatic rings. The molecule has 4 N–H and O–H groups in total. The van der Waals surface area contributed by atoms with Gasteiger partial charge in [-0.25, -0.2) is 5.43 Å². The lowest BCUT2D eigenvalue weighted by atomic mass is 10.0. The minimum Gasteiger partial charge on any atom is -0.451 e. The van der Waals surface area contributed by atoms with E-state index in [0.29, 0.717) is 16.9 Å². The number of hydrazine groups is 1. The largest absolute Gasteiger partial charge is 0.451 e. The van der Waals surface area contributed by atoms with Gasteiger partial charge in [0.1, 0.15) is 23.5 Å². The highest BCUT2D eigenvalue weighted by atomic mass is 19.4. The standard InChI is InChI=1S/C24H28F3N5O4/c1-13(2)20(23(35)28-3)30-22(34)18-9-8-17(36-18)15-7-5-6-14(10-15)12-29-21(33)16-11-19(24(25,26)27)32(4)31-16/h5-11,13,16,20,31H,12H2,1-4H3,(H,28,35)(H,29,33)(H,30,34)/t16?,20-/m0/s1. The molecule has 194 valence electrons. The zero-order valence-electron chi connectivity index (χ0n) is 20.2. The lowest BCUT2D eigenvalue weighted by Gasteiger charge is -2.19. The number of furan rings is 1. The molecule has 2 heterocycles. The average Bonchev–Trinajstić information content (AvgIpc) is 3.47. The summed E-state index contributed by atoms with van der Waals surface area (Å²) < 4.78 is 44.6. The summed E-state index contributed by atoms with van der Waals surface area (Å²) in [5.41, 5.74) is 2.83. The molecule has 9 nitrogen and oxygen atoms in total. The number of halogens is 3. The number of rotatable bonds is 8. The lowest BCUT2D eigenvalue weighted by molar-refractivity contribution is -0.124. The summed E-state index contributed by atoms with van der Waals surface area (Å²) in [5.74, 6) is -1.17. The van der Waals surface area contributed by atoms with Gasteiger partial charge in [-0.3, -0.25) is 14.4 Å². The molecular weight excluding hydrogens is 479 g/mol. The van der Waals surface area contributed by atoms with E-state index in [-0.39, 0.29) is 24.1 Å². The number of allylic oxidation sites excluding steroid dienone is 1. The van der Waals surface area contributed by atoms with Crippen LogP contribution in [-0.2, 0) is 16.1 Å². The third kappa shape index (κ3) is 6.25. The smallest absolute Gasteiger partial charge is 0.432 e. The molecule has 0 radical (unpaired) electrons. The topological polar surface area (TPSA) is 116 Å². The molecule has 1 aromatic carbocycles. The van der Waals surface area contributed by atoms with Crippen molar-refractivity contribution in [2.75, 3.05) is 14.1 Å². The number of hydrogen-bond donors (Lipinski definition) is 4. The fraction of sp³-hybridized carbons (Fsp3) is 0.375. The summed E-state index contributed by atoms with van der Waals surface area (Å²) in [6.45, 7) is 3.69. The van der Waals surface area contributed by atoms with Crippen LogP contribution in [0.4, 0.5) is 13.2 Å². The Labute approximate surface area is 206 Å². The molecule has 2 atom stereocenters. The van der Waals surface area contributed by atoms with Gasteiger partial charge in [0, 0.05) is 26.2 Å². The number of alkyl halides is 3. The molecule has 3 amide bonds. The predicted octanol–water partition coefficient (Wildman–Crippen LogP) is 2.33. The first-order valence-corrected chi connectivity index (χ1v) is 11.2. The Balaban J connectivity index is 1.65. The molecule has 1 aromatic heterocycles. The van der Waals surface area contributed by atoms with Crippen molar-refractivity contribution in [3.63, 3.8) is 0 Å². The van der Waals surface area contributed by atoms with Crippen LogP contribution in [-0.4, -0.2) is 55.1 Å². The normalized spacial score (nSPS) is 16.5. The molecule has 12 heteroatoms. The number of benzene rings is 1. The van der Waals surface area contributed by atoms with Crippen molar-refractivity contribution in [3.8, 4) is 11.3 Å². The van der Waals surface area contributed by atoms with E-state index in [1.807, 2.05) is 13.8 Å². The van der Waals surface area contributed by atoms with E-state index in [1.165, 1.54) is 20.2 Å². The zero-order chi connectivity index (χ0) is 26.6. The van der Waals surface area contributed by atoms with Crippen molar-refractivity contribution >= 4 is 17.7 Å². The molecule has 0 aliphatic carbocycles. The van der Waals surface area contributed by atoms with Crippen LogP contribution in [0.1, 0.15) is 30.0 Å². The number of nitrogens with one attached hydrogen (secondary N) is 4. The van der Waals surface area contributed by atoms with E-state index in [4.69, 9.17) is 4.42 Å². The van der Waals surface area contributed by atoms with Crippen LogP contribution < -0.4 is 21.4 Å². The van der Waals surface area contributed by atoms with Gasteiger partial charge in [-0.15, -0.1) is 0 Å². The zero-order valence-corrected chi connectivity index (χ0v) is 20.2. The third-order valence-corrected chi connectivity index (χ3v) is 5.58. The fourth-order valence-electron chi connectivity index (χ4n) is 3.66. The highest BCUT2D eigenvalue weighted by Gasteiger charge is 2.42. The number of carbonyl (C=O) groups is 3. The second-order valence-corrected chi connectivity index (χ2v) is 8.61. The molecule has 0 bridgehead atoms. The molecule has 1 unspecified atom stereocenters. The SMILES string of the molecule is CNC(=O)[C@@H](NC(=O)c1ccc(-c2cccc(CNC(=O)C3C=C(C(F)(F)F)N(C)N3)c2)o1)C(C)C. The van der Waals surface area contributed by atoms with Crippen LogP contribution in [0.25, 0.3) is 11.3 Å². The number of likely N-dealkylation sites (N-methyl/N-ethyl adjacent to an activating group) is 1. The summed E-state index contributed by atoms with van der Waals surface area (Å²) in [6.07, 6.45) is -3.74. The summed E-state index contributed by atoms with van der Waals surface area (Å²) in [4.78, 5) is 37.0. The maximum absolute atomic E-state index is 13.0. The van der Waals surface area contributed by atoms with E-state index >= 15 is 0 Å². The van der Waals surface area contributed by atoms with Crippen LogP contribution in [0.3, 0.4) is 0 Å². The molecule has 36 heavy (non-hydrogen) atoms. The Morgan fingerprint density at radius 2 is 1.89 bits per heavy atom. The van der Waals surface area contributed by atoms with Crippen molar-refractivity contribution in [2.24, 2.45) is 5.92 Å².